The molecule has 0 spiro atoms. The molecule has 8 rings (SSSR count). The van der Waals surface area contributed by atoms with E-state index in [0.717, 1.165) is 39.4 Å². The number of nitrogens with zero attached hydrogens (tertiary/aromatic N) is 1. The molecule has 208 valence electrons. The summed E-state index contributed by atoms with van der Waals surface area (Å²) in [6.07, 6.45) is 0. The SMILES string of the molecule is c1ccc(-c2cccc(N(c3ccc(-c4cccc5ccccc45)cc3)c3cccc(-c4cc5ccccc5o4)c3)c2)cc1. The Labute approximate surface area is 257 Å². The van der Waals surface area contributed by atoms with Crippen LogP contribution in [0.3, 0.4) is 0 Å². The molecule has 2 nitrogen and oxygen atoms in total. The fourth-order valence-corrected chi connectivity index (χ4v) is 6.09. The molecule has 0 fully saturated rings. The van der Waals surface area contributed by atoms with Crippen LogP contribution in [0.1, 0.15) is 0 Å². The Kier molecular flexibility index (Phi) is 6.51. The highest BCUT2D eigenvalue weighted by atomic mass is 16.3. The highest BCUT2D eigenvalue weighted by Gasteiger charge is 2.16. The van der Waals surface area contributed by atoms with Gasteiger partial charge in [-0.05, 0) is 81.6 Å². The number of anilines is 3. The molecule has 7 aromatic carbocycles. The lowest BCUT2D eigenvalue weighted by Crippen LogP contribution is -2.10. The summed E-state index contributed by atoms with van der Waals surface area (Å²) in [5.41, 5.74) is 9.96. The number of hydrogen-bond donors (Lipinski definition) is 0. The first kappa shape index (κ1) is 25.8. The van der Waals surface area contributed by atoms with E-state index >= 15 is 0 Å². The van der Waals surface area contributed by atoms with Crippen LogP contribution >= 0.6 is 0 Å². The Morgan fingerprint density at radius 1 is 0.364 bits per heavy atom. The molecule has 0 bridgehead atoms. The average Bonchev–Trinajstić information content (AvgIpc) is 3.54. The smallest absolute Gasteiger partial charge is 0.135 e. The van der Waals surface area contributed by atoms with E-state index in [2.05, 4.69) is 163 Å². The fraction of sp³-hybridized carbons (Fsp3) is 0. The molecule has 0 unspecified atom stereocenters. The lowest BCUT2D eigenvalue weighted by Gasteiger charge is -2.26. The predicted molar refractivity (Wildman–Crippen MR) is 185 cm³/mol. The lowest BCUT2D eigenvalue weighted by molar-refractivity contribution is 0.631. The van der Waals surface area contributed by atoms with Crippen molar-refractivity contribution in [1.29, 1.82) is 0 Å². The number of fused-ring (bicyclic) bond motifs is 2. The van der Waals surface area contributed by atoms with E-state index in [1.807, 2.05) is 18.2 Å². The summed E-state index contributed by atoms with van der Waals surface area (Å²) >= 11 is 0. The fourth-order valence-electron chi connectivity index (χ4n) is 6.09. The lowest BCUT2D eigenvalue weighted by atomic mass is 9.98. The maximum Gasteiger partial charge on any atom is 0.135 e. The Morgan fingerprint density at radius 2 is 0.977 bits per heavy atom. The van der Waals surface area contributed by atoms with Gasteiger partial charge < -0.3 is 9.32 Å². The summed E-state index contributed by atoms with van der Waals surface area (Å²) in [5.74, 6) is 0.859. The molecule has 0 atom stereocenters. The average molecular weight is 564 g/mol. The summed E-state index contributed by atoms with van der Waals surface area (Å²) in [4.78, 5) is 2.32. The monoisotopic (exact) mass is 563 g/mol. The van der Waals surface area contributed by atoms with E-state index in [1.165, 1.54) is 33.0 Å². The highest BCUT2D eigenvalue weighted by molar-refractivity contribution is 5.97. The molecule has 0 amide bonds. The highest BCUT2D eigenvalue weighted by Crippen LogP contribution is 2.40. The van der Waals surface area contributed by atoms with Crippen LogP contribution in [0.25, 0.3) is 55.3 Å². The quantitative estimate of drug-likeness (QED) is 0.200. The van der Waals surface area contributed by atoms with E-state index in [9.17, 15) is 0 Å². The third-order valence-electron chi connectivity index (χ3n) is 8.25. The molecular formula is C42H29NO. The van der Waals surface area contributed by atoms with E-state index in [1.54, 1.807) is 0 Å². The molecular weight excluding hydrogens is 534 g/mol. The Morgan fingerprint density at radius 3 is 1.77 bits per heavy atom. The third-order valence-corrected chi connectivity index (χ3v) is 8.25. The van der Waals surface area contributed by atoms with Crippen LogP contribution in [0.5, 0.6) is 0 Å². The molecule has 1 heterocycles. The molecule has 1 aromatic heterocycles. The van der Waals surface area contributed by atoms with Gasteiger partial charge in [-0.3, -0.25) is 0 Å². The number of furan rings is 1. The van der Waals surface area contributed by atoms with E-state index in [4.69, 9.17) is 4.42 Å². The minimum atomic E-state index is 0.859. The van der Waals surface area contributed by atoms with E-state index in [0.29, 0.717) is 0 Å². The van der Waals surface area contributed by atoms with E-state index < -0.39 is 0 Å². The first-order valence-electron chi connectivity index (χ1n) is 14.9. The maximum absolute atomic E-state index is 6.26. The Bertz CT molecular complexity index is 2190. The maximum atomic E-state index is 6.26. The van der Waals surface area contributed by atoms with Gasteiger partial charge in [-0.2, -0.15) is 0 Å². The van der Waals surface area contributed by atoms with Gasteiger partial charge >= 0.3 is 0 Å². The van der Waals surface area contributed by atoms with Crippen molar-refractivity contribution < 1.29 is 4.42 Å². The molecule has 8 aromatic rings. The topological polar surface area (TPSA) is 16.4 Å². The molecule has 0 radical (unpaired) electrons. The van der Waals surface area contributed by atoms with Crippen LogP contribution in [0, 0.1) is 0 Å². The number of para-hydroxylation sites is 1. The zero-order chi connectivity index (χ0) is 29.3. The number of rotatable bonds is 6. The van der Waals surface area contributed by atoms with Crippen LogP contribution < -0.4 is 4.90 Å². The van der Waals surface area contributed by atoms with Crippen LogP contribution in [0.2, 0.25) is 0 Å². The van der Waals surface area contributed by atoms with Crippen molar-refractivity contribution in [1.82, 2.24) is 0 Å². The van der Waals surface area contributed by atoms with Crippen LogP contribution in [0.4, 0.5) is 17.1 Å². The number of benzene rings is 7. The minimum absolute atomic E-state index is 0.859. The van der Waals surface area contributed by atoms with Crippen LogP contribution in [-0.4, -0.2) is 0 Å². The van der Waals surface area contributed by atoms with Gasteiger partial charge in [-0.15, -0.1) is 0 Å². The summed E-state index contributed by atoms with van der Waals surface area (Å²) in [6.45, 7) is 0. The van der Waals surface area contributed by atoms with Crippen molar-refractivity contribution in [3.8, 4) is 33.6 Å². The largest absolute Gasteiger partial charge is 0.456 e. The van der Waals surface area contributed by atoms with Gasteiger partial charge in [0.05, 0.1) is 0 Å². The van der Waals surface area contributed by atoms with Gasteiger partial charge in [0.1, 0.15) is 11.3 Å². The van der Waals surface area contributed by atoms with Crippen molar-refractivity contribution >= 4 is 38.8 Å². The van der Waals surface area contributed by atoms with E-state index in [-0.39, 0.29) is 0 Å². The molecule has 2 heteroatoms. The third kappa shape index (κ3) is 4.83. The molecule has 0 saturated carbocycles. The summed E-state index contributed by atoms with van der Waals surface area (Å²) in [5, 5.41) is 3.61. The zero-order valence-electron chi connectivity index (χ0n) is 24.1. The van der Waals surface area contributed by atoms with Crippen molar-refractivity contribution in [3.05, 3.63) is 176 Å². The second kappa shape index (κ2) is 11.1. The summed E-state index contributed by atoms with van der Waals surface area (Å²) in [7, 11) is 0. The van der Waals surface area contributed by atoms with Crippen molar-refractivity contribution in [3.63, 3.8) is 0 Å². The molecule has 0 aliphatic carbocycles. The van der Waals surface area contributed by atoms with Gasteiger partial charge in [-0.1, -0.05) is 127 Å². The minimum Gasteiger partial charge on any atom is -0.456 e. The molecule has 0 aliphatic rings. The number of hydrogen-bond acceptors (Lipinski definition) is 2. The standard InChI is InChI=1S/C42H29NO/c1-2-11-30(12-3-1)33-16-8-18-37(27-33)43(38-19-9-17-34(28-38)42-29-35-14-5-7-22-41(35)44-42)36-25-23-32(24-26-36)40-21-10-15-31-13-4-6-20-39(31)40/h1-29H. The van der Waals surface area contributed by atoms with Crippen LogP contribution in [-0.2, 0) is 0 Å². The second-order valence-electron chi connectivity index (χ2n) is 11.0. The normalized spacial score (nSPS) is 11.2. The van der Waals surface area contributed by atoms with Crippen molar-refractivity contribution in [2.45, 2.75) is 0 Å². The molecule has 44 heavy (non-hydrogen) atoms. The second-order valence-corrected chi connectivity index (χ2v) is 11.0. The van der Waals surface area contributed by atoms with Crippen molar-refractivity contribution in [2.75, 3.05) is 4.90 Å². The molecule has 0 aliphatic heterocycles. The molecule has 0 saturated heterocycles. The Hall–Kier alpha value is -5.86. The predicted octanol–water partition coefficient (Wildman–Crippen LogP) is 12.1. The Balaban J connectivity index is 1.25. The van der Waals surface area contributed by atoms with Gasteiger partial charge in [0, 0.05) is 28.0 Å². The first-order chi connectivity index (χ1) is 21.8. The van der Waals surface area contributed by atoms with Gasteiger partial charge in [0.25, 0.3) is 0 Å². The van der Waals surface area contributed by atoms with Crippen molar-refractivity contribution in [2.24, 2.45) is 0 Å². The zero-order valence-corrected chi connectivity index (χ0v) is 24.1. The summed E-state index contributed by atoms with van der Waals surface area (Å²) < 4.78 is 6.26. The van der Waals surface area contributed by atoms with Gasteiger partial charge in [0.15, 0.2) is 0 Å². The van der Waals surface area contributed by atoms with Gasteiger partial charge in [0.2, 0.25) is 0 Å². The van der Waals surface area contributed by atoms with Crippen LogP contribution in [0.15, 0.2) is 180 Å². The molecule has 0 N–H and O–H groups in total. The first-order valence-corrected chi connectivity index (χ1v) is 14.9. The van der Waals surface area contributed by atoms with Gasteiger partial charge in [-0.25, -0.2) is 0 Å². The summed E-state index contributed by atoms with van der Waals surface area (Å²) in [6, 6.07) is 62.2.